The van der Waals surface area contributed by atoms with E-state index < -0.39 is 0 Å². The summed E-state index contributed by atoms with van der Waals surface area (Å²) < 4.78 is 2.82. The second kappa shape index (κ2) is 3.84. The fraction of sp³-hybridized carbons (Fsp3) is 0.222. The molecule has 0 bridgehead atoms. The Kier molecular flexibility index (Phi) is 2.71. The van der Waals surface area contributed by atoms with Crippen LogP contribution < -0.4 is 5.73 Å². The number of nitrogens with zero attached hydrogens (tertiary/aromatic N) is 2. The van der Waals surface area contributed by atoms with Crippen LogP contribution >= 0.6 is 27.3 Å². The smallest absolute Gasteiger partial charge is 0.0850 e. The van der Waals surface area contributed by atoms with Gasteiger partial charge in [-0.05, 0) is 33.4 Å². The van der Waals surface area contributed by atoms with Crippen LogP contribution in [0.3, 0.4) is 0 Å². The van der Waals surface area contributed by atoms with Gasteiger partial charge in [0.2, 0.25) is 0 Å². The normalized spacial score (nSPS) is 13.1. The van der Waals surface area contributed by atoms with Crippen LogP contribution in [0.5, 0.6) is 0 Å². The number of aryl methyl sites for hydroxylation is 1. The summed E-state index contributed by atoms with van der Waals surface area (Å²) in [5.41, 5.74) is 6.98. The van der Waals surface area contributed by atoms with Crippen molar-refractivity contribution in [2.75, 3.05) is 0 Å². The Morgan fingerprint density at radius 3 is 2.86 bits per heavy atom. The molecule has 2 aromatic rings. The third-order valence-corrected chi connectivity index (χ3v) is 3.93. The molecule has 0 spiro atoms. The van der Waals surface area contributed by atoms with Crippen LogP contribution in [0.2, 0.25) is 0 Å². The lowest BCUT2D eigenvalue weighted by Gasteiger charge is -2.06. The number of thiophene rings is 1. The Balaban J connectivity index is 2.33. The fourth-order valence-corrected chi connectivity index (χ4v) is 2.89. The van der Waals surface area contributed by atoms with Crippen molar-refractivity contribution >= 4 is 27.3 Å². The van der Waals surface area contributed by atoms with Gasteiger partial charge in [-0.1, -0.05) is 0 Å². The predicted molar refractivity (Wildman–Crippen MR) is 61.3 cm³/mol. The summed E-state index contributed by atoms with van der Waals surface area (Å²) in [4.78, 5) is 1.11. The predicted octanol–water partition coefficient (Wildman–Crippen LogP) is 2.29. The summed E-state index contributed by atoms with van der Waals surface area (Å²) in [5.74, 6) is 0. The van der Waals surface area contributed by atoms with Gasteiger partial charge in [-0.3, -0.25) is 4.68 Å². The first-order chi connectivity index (χ1) is 6.68. The Morgan fingerprint density at radius 1 is 1.57 bits per heavy atom. The molecule has 2 rings (SSSR count). The average Bonchev–Trinajstić information content (AvgIpc) is 2.73. The Morgan fingerprint density at radius 2 is 2.36 bits per heavy atom. The highest BCUT2D eigenvalue weighted by Gasteiger charge is 2.15. The largest absolute Gasteiger partial charge is 0.318 e. The van der Waals surface area contributed by atoms with Crippen molar-refractivity contribution in [3.8, 4) is 0 Å². The summed E-state index contributed by atoms with van der Waals surface area (Å²) in [6, 6.07) is 3.81. The van der Waals surface area contributed by atoms with Crippen LogP contribution in [-0.4, -0.2) is 9.78 Å². The first kappa shape index (κ1) is 9.89. The highest BCUT2D eigenvalue weighted by atomic mass is 79.9. The summed E-state index contributed by atoms with van der Waals surface area (Å²) in [7, 11) is 1.89. The first-order valence-electron chi connectivity index (χ1n) is 4.16. The van der Waals surface area contributed by atoms with Crippen molar-refractivity contribution in [3.63, 3.8) is 0 Å². The van der Waals surface area contributed by atoms with Crippen LogP contribution in [-0.2, 0) is 7.05 Å². The monoisotopic (exact) mass is 271 g/mol. The summed E-state index contributed by atoms with van der Waals surface area (Å²) in [6.45, 7) is 0. The first-order valence-corrected chi connectivity index (χ1v) is 5.84. The molecular weight excluding hydrogens is 262 g/mol. The minimum Gasteiger partial charge on any atom is -0.318 e. The van der Waals surface area contributed by atoms with Gasteiger partial charge < -0.3 is 5.73 Å². The SMILES string of the molecule is Cn1ccc(C(N)c2sccc2Br)n1. The number of aromatic nitrogens is 2. The van der Waals surface area contributed by atoms with Gasteiger partial charge in [0.05, 0.1) is 11.7 Å². The topological polar surface area (TPSA) is 43.8 Å². The van der Waals surface area contributed by atoms with E-state index >= 15 is 0 Å². The fourth-order valence-electron chi connectivity index (χ4n) is 1.26. The summed E-state index contributed by atoms with van der Waals surface area (Å²) >= 11 is 5.11. The number of rotatable bonds is 2. The minimum atomic E-state index is -0.134. The van der Waals surface area contributed by atoms with Crippen molar-refractivity contribution in [1.29, 1.82) is 0 Å². The van der Waals surface area contributed by atoms with Crippen LogP contribution in [0.1, 0.15) is 16.6 Å². The van der Waals surface area contributed by atoms with Crippen LogP contribution in [0.25, 0.3) is 0 Å². The molecule has 0 aromatic carbocycles. The molecule has 0 saturated carbocycles. The third kappa shape index (κ3) is 1.75. The quantitative estimate of drug-likeness (QED) is 0.911. The number of hydrogen-bond acceptors (Lipinski definition) is 3. The number of halogens is 1. The van der Waals surface area contributed by atoms with Gasteiger partial charge in [-0.2, -0.15) is 5.10 Å². The molecule has 0 fully saturated rings. The Labute approximate surface area is 94.7 Å². The molecule has 0 amide bonds. The zero-order chi connectivity index (χ0) is 10.1. The molecule has 2 aromatic heterocycles. The van der Waals surface area contributed by atoms with E-state index in [0.29, 0.717) is 0 Å². The molecule has 0 aliphatic heterocycles. The van der Waals surface area contributed by atoms with Gasteiger partial charge in [-0.15, -0.1) is 11.3 Å². The van der Waals surface area contributed by atoms with E-state index in [2.05, 4.69) is 21.0 Å². The Hall–Kier alpha value is -0.650. The van der Waals surface area contributed by atoms with E-state index in [1.54, 1.807) is 16.0 Å². The van der Waals surface area contributed by atoms with Crippen molar-refractivity contribution in [1.82, 2.24) is 9.78 Å². The molecule has 3 nitrogen and oxygen atoms in total. The zero-order valence-corrected chi connectivity index (χ0v) is 10.0. The van der Waals surface area contributed by atoms with Crippen molar-refractivity contribution in [2.24, 2.45) is 12.8 Å². The van der Waals surface area contributed by atoms with Crippen molar-refractivity contribution in [2.45, 2.75) is 6.04 Å². The number of nitrogens with two attached hydrogens (primary N) is 1. The Bertz CT molecular complexity index is 435. The van der Waals surface area contributed by atoms with E-state index in [-0.39, 0.29) is 6.04 Å². The lowest BCUT2D eigenvalue weighted by atomic mass is 10.2. The molecule has 2 heterocycles. The van der Waals surface area contributed by atoms with Crippen LogP contribution in [0.4, 0.5) is 0 Å². The van der Waals surface area contributed by atoms with Gasteiger partial charge >= 0.3 is 0 Å². The van der Waals surface area contributed by atoms with Crippen LogP contribution in [0, 0.1) is 0 Å². The van der Waals surface area contributed by atoms with Crippen molar-refractivity contribution < 1.29 is 0 Å². The van der Waals surface area contributed by atoms with Crippen LogP contribution in [0.15, 0.2) is 28.2 Å². The third-order valence-electron chi connectivity index (χ3n) is 1.98. The van der Waals surface area contributed by atoms with Gasteiger partial charge in [-0.25, -0.2) is 0 Å². The molecule has 5 heteroatoms. The zero-order valence-electron chi connectivity index (χ0n) is 7.64. The molecule has 74 valence electrons. The van der Waals surface area contributed by atoms with Crippen molar-refractivity contribution in [3.05, 3.63) is 38.8 Å². The molecule has 2 N–H and O–H groups in total. The number of hydrogen-bond donors (Lipinski definition) is 1. The summed E-state index contributed by atoms with van der Waals surface area (Å²) in [6.07, 6.45) is 1.90. The lowest BCUT2D eigenvalue weighted by molar-refractivity contribution is 0.719. The maximum Gasteiger partial charge on any atom is 0.0850 e. The van der Waals surface area contributed by atoms with E-state index in [1.807, 2.05) is 30.8 Å². The second-order valence-electron chi connectivity index (χ2n) is 3.02. The average molecular weight is 272 g/mol. The molecule has 0 aliphatic rings. The second-order valence-corrected chi connectivity index (χ2v) is 4.83. The van der Waals surface area contributed by atoms with E-state index in [1.165, 1.54) is 0 Å². The summed E-state index contributed by atoms with van der Waals surface area (Å²) in [5, 5.41) is 6.30. The molecular formula is C9H10BrN3S. The van der Waals surface area contributed by atoms with Gasteiger partial charge in [0.25, 0.3) is 0 Å². The highest BCUT2D eigenvalue weighted by molar-refractivity contribution is 9.10. The van der Waals surface area contributed by atoms with E-state index in [4.69, 9.17) is 5.73 Å². The van der Waals surface area contributed by atoms with Gasteiger partial charge in [0.1, 0.15) is 0 Å². The molecule has 1 atom stereocenters. The minimum absolute atomic E-state index is 0.134. The van der Waals surface area contributed by atoms with Gasteiger partial charge in [0.15, 0.2) is 0 Å². The molecule has 0 aliphatic carbocycles. The molecule has 0 saturated heterocycles. The standard InChI is InChI=1S/C9H10BrN3S/c1-13-4-2-7(12-13)8(11)9-6(10)3-5-14-9/h2-5,8H,11H2,1H3. The molecule has 14 heavy (non-hydrogen) atoms. The highest BCUT2D eigenvalue weighted by Crippen LogP contribution is 2.30. The maximum absolute atomic E-state index is 6.08. The van der Waals surface area contributed by atoms with Gasteiger partial charge in [0, 0.05) is 22.6 Å². The van der Waals surface area contributed by atoms with E-state index in [0.717, 1.165) is 15.0 Å². The molecule has 1 unspecified atom stereocenters. The lowest BCUT2D eigenvalue weighted by Crippen LogP contribution is -2.11. The van der Waals surface area contributed by atoms with E-state index in [9.17, 15) is 0 Å². The maximum atomic E-state index is 6.08. The molecule has 0 radical (unpaired) electrons.